The normalized spacial score (nSPS) is 31.3. The molecule has 0 aliphatic carbocycles. The van der Waals surface area contributed by atoms with Gasteiger partial charge in [-0.15, -0.1) is 0 Å². The van der Waals surface area contributed by atoms with E-state index in [-0.39, 0.29) is 30.1 Å². The van der Waals surface area contributed by atoms with Crippen LogP contribution in [0, 0.1) is 11.3 Å². The highest BCUT2D eigenvalue weighted by atomic mass is 16.2. The molecule has 2 fully saturated rings. The second kappa shape index (κ2) is 4.59. The summed E-state index contributed by atoms with van der Waals surface area (Å²) in [4.78, 5) is 36.8. The van der Waals surface area contributed by atoms with Gasteiger partial charge in [0.2, 0.25) is 17.7 Å². The van der Waals surface area contributed by atoms with E-state index >= 15 is 0 Å². The number of carbonyl (C=O) groups is 3. The zero-order valence-electron chi connectivity index (χ0n) is 10.8. The Labute approximate surface area is 106 Å². The molecule has 0 bridgehead atoms. The largest absolute Gasteiger partial charge is 0.359 e. The highest BCUT2D eigenvalue weighted by Crippen LogP contribution is 2.31. The van der Waals surface area contributed by atoms with Gasteiger partial charge in [0.1, 0.15) is 0 Å². The summed E-state index contributed by atoms with van der Waals surface area (Å²) < 4.78 is 0. The monoisotopic (exact) mass is 253 g/mol. The summed E-state index contributed by atoms with van der Waals surface area (Å²) in [5.74, 6) is -0.370. The fourth-order valence-electron chi connectivity index (χ4n) is 2.67. The van der Waals surface area contributed by atoms with E-state index in [0.717, 1.165) is 0 Å². The van der Waals surface area contributed by atoms with Gasteiger partial charge < -0.3 is 15.5 Å². The first-order chi connectivity index (χ1) is 8.46. The van der Waals surface area contributed by atoms with Crippen LogP contribution in [0.4, 0.5) is 0 Å². The van der Waals surface area contributed by atoms with Crippen molar-refractivity contribution < 1.29 is 14.4 Å². The number of carbonyl (C=O) groups excluding carboxylic acids is 3. The van der Waals surface area contributed by atoms with Crippen LogP contribution < -0.4 is 10.6 Å². The number of amides is 3. The van der Waals surface area contributed by atoms with Gasteiger partial charge in [-0.2, -0.15) is 0 Å². The SMILES string of the molecule is CNC(=O)C1(C)CCN(C(=O)C2CNC(=O)C2)C1. The zero-order valence-corrected chi connectivity index (χ0v) is 10.8. The van der Waals surface area contributed by atoms with Gasteiger partial charge in [-0.3, -0.25) is 14.4 Å². The molecule has 0 aromatic carbocycles. The van der Waals surface area contributed by atoms with Crippen LogP contribution in [0.2, 0.25) is 0 Å². The van der Waals surface area contributed by atoms with E-state index in [9.17, 15) is 14.4 Å². The molecule has 2 unspecified atom stereocenters. The van der Waals surface area contributed by atoms with E-state index in [0.29, 0.717) is 26.1 Å². The average Bonchev–Trinajstić information content (AvgIpc) is 2.95. The predicted molar refractivity (Wildman–Crippen MR) is 64.5 cm³/mol. The summed E-state index contributed by atoms with van der Waals surface area (Å²) in [5, 5.41) is 5.30. The standard InChI is InChI=1S/C12H19N3O3/c1-12(11(18)13-2)3-4-15(7-12)10(17)8-5-9(16)14-6-8/h8H,3-7H2,1-2H3,(H,13,18)(H,14,16). The molecular weight excluding hydrogens is 234 g/mol. The maximum Gasteiger partial charge on any atom is 0.228 e. The Morgan fingerprint density at radius 3 is 2.78 bits per heavy atom. The van der Waals surface area contributed by atoms with Crippen molar-refractivity contribution >= 4 is 17.7 Å². The molecule has 3 amide bonds. The van der Waals surface area contributed by atoms with Crippen molar-refractivity contribution in [1.29, 1.82) is 0 Å². The van der Waals surface area contributed by atoms with Crippen molar-refractivity contribution in [3.05, 3.63) is 0 Å². The molecule has 2 heterocycles. The van der Waals surface area contributed by atoms with E-state index in [2.05, 4.69) is 10.6 Å². The van der Waals surface area contributed by atoms with Crippen molar-refractivity contribution in [3.63, 3.8) is 0 Å². The first-order valence-electron chi connectivity index (χ1n) is 6.24. The number of hydrogen-bond donors (Lipinski definition) is 2. The third kappa shape index (κ3) is 2.19. The molecule has 2 aliphatic rings. The van der Waals surface area contributed by atoms with E-state index in [1.807, 2.05) is 6.92 Å². The molecular formula is C12H19N3O3. The predicted octanol–water partition coefficient (Wildman–Crippen LogP) is -0.893. The van der Waals surface area contributed by atoms with Crippen molar-refractivity contribution in [2.45, 2.75) is 19.8 Å². The number of likely N-dealkylation sites (tertiary alicyclic amines) is 1. The van der Waals surface area contributed by atoms with Crippen LogP contribution in [-0.2, 0) is 14.4 Å². The summed E-state index contributed by atoms with van der Waals surface area (Å²) in [6.07, 6.45) is 0.943. The Bertz CT molecular complexity index is 396. The average molecular weight is 253 g/mol. The molecule has 6 nitrogen and oxygen atoms in total. The summed E-state index contributed by atoms with van der Waals surface area (Å²) in [6, 6.07) is 0. The third-order valence-electron chi connectivity index (χ3n) is 3.89. The van der Waals surface area contributed by atoms with Crippen molar-refractivity contribution in [3.8, 4) is 0 Å². The fourth-order valence-corrected chi connectivity index (χ4v) is 2.67. The lowest BCUT2D eigenvalue weighted by Crippen LogP contribution is -2.42. The third-order valence-corrected chi connectivity index (χ3v) is 3.89. The molecule has 0 saturated carbocycles. The van der Waals surface area contributed by atoms with Crippen LogP contribution in [0.25, 0.3) is 0 Å². The minimum atomic E-state index is -0.500. The van der Waals surface area contributed by atoms with E-state index in [1.165, 1.54) is 0 Å². The van der Waals surface area contributed by atoms with E-state index in [4.69, 9.17) is 0 Å². The van der Waals surface area contributed by atoms with Gasteiger partial charge in [-0.25, -0.2) is 0 Å². The van der Waals surface area contributed by atoms with Gasteiger partial charge in [0.25, 0.3) is 0 Å². The number of rotatable bonds is 2. The smallest absolute Gasteiger partial charge is 0.228 e. The first-order valence-corrected chi connectivity index (χ1v) is 6.24. The quantitative estimate of drug-likeness (QED) is 0.670. The second-order valence-electron chi connectivity index (χ2n) is 5.35. The Kier molecular flexibility index (Phi) is 3.28. The van der Waals surface area contributed by atoms with Gasteiger partial charge in [-0.05, 0) is 13.3 Å². The maximum atomic E-state index is 12.2. The van der Waals surface area contributed by atoms with Crippen LogP contribution in [0.1, 0.15) is 19.8 Å². The Morgan fingerprint density at radius 2 is 2.22 bits per heavy atom. The summed E-state index contributed by atoms with van der Waals surface area (Å²) in [5.41, 5.74) is -0.500. The van der Waals surface area contributed by atoms with Gasteiger partial charge in [0.15, 0.2) is 0 Å². The summed E-state index contributed by atoms with van der Waals surface area (Å²) >= 11 is 0. The molecule has 2 saturated heterocycles. The van der Waals surface area contributed by atoms with E-state index in [1.54, 1.807) is 11.9 Å². The molecule has 2 rings (SSSR count). The van der Waals surface area contributed by atoms with Crippen LogP contribution >= 0.6 is 0 Å². The number of nitrogens with zero attached hydrogens (tertiary/aromatic N) is 1. The van der Waals surface area contributed by atoms with Crippen LogP contribution in [-0.4, -0.2) is 49.3 Å². The Morgan fingerprint density at radius 1 is 1.50 bits per heavy atom. The molecule has 2 atom stereocenters. The lowest BCUT2D eigenvalue weighted by molar-refractivity contribution is -0.136. The lowest BCUT2D eigenvalue weighted by atomic mass is 9.89. The minimum absolute atomic E-state index is 0.0130. The number of hydrogen-bond acceptors (Lipinski definition) is 3. The maximum absolute atomic E-state index is 12.2. The van der Waals surface area contributed by atoms with Crippen LogP contribution in [0.5, 0.6) is 0 Å². The Hall–Kier alpha value is -1.59. The zero-order chi connectivity index (χ0) is 13.3. The molecule has 0 radical (unpaired) electrons. The van der Waals surface area contributed by atoms with E-state index < -0.39 is 5.41 Å². The molecule has 0 aromatic rings. The minimum Gasteiger partial charge on any atom is -0.359 e. The van der Waals surface area contributed by atoms with Crippen molar-refractivity contribution in [2.24, 2.45) is 11.3 Å². The summed E-state index contributed by atoms with van der Waals surface area (Å²) in [7, 11) is 1.61. The molecule has 18 heavy (non-hydrogen) atoms. The van der Waals surface area contributed by atoms with Crippen molar-refractivity contribution in [2.75, 3.05) is 26.7 Å². The molecule has 0 aromatic heterocycles. The lowest BCUT2D eigenvalue weighted by Gasteiger charge is -2.24. The van der Waals surface area contributed by atoms with Gasteiger partial charge in [0.05, 0.1) is 11.3 Å². The second-order valence-corrected chi connectivity index (χ2v) is 5.35. The van der Waals surface area contributed by atoms with Gasteiger partial charge in [-0.1, -0.05) is 0 Å². The topological polar surface area (TPSA) is 78.5 Å². The highest BCUT2D eigenvalue weighted by molar-refractivity contribution is 5.90. The Balaban J connectivity index is 1.98. The van der Waals surface area contributed by atoms with Crippen molar-refractivity contribution in [1.82, 2.24) is 15.5 Å². The molecule has 0 spiro atoms. The molecule has 2 N–H and O–H groups in total. The molecule has 100 valence electrons. The molecule has 6 heteroatoms. The summed E-state index contributed by atoms with van der Waals surface area (Å²) in [6.45, 7) is 3.33. The highest BCUT2D eigenvalue weighted by Gasteiger charge is 2.43. The first kappa shape index (κ1) is 12.9. The fraction of sp³-hybridized carbons (Fsp3) is 0.750. The number of nitrogens with one attached hydrogen (secondary N) is 2. The van der Waals surface area contributed by atoms with Gasteiger partial charge >= 0.3 is 0 Å². The molecule has 2 aliphatic heterocycles. The van der Waals surface area contributed by atoms with Crippen LogP contribution in [0.3, 0.4) is 0 Å². The van der Waals surface area contributed by atoms with Crippen LogP contribution in [0.15, 0.2) is 0 Å². The van der Waals surface area contributed by atoms with Gasteiger partial charge in [0, 0.05) is 33.1 Å².